The zero-order valence-electron chi connectivity index (χ0n) is 11.1. The lowest BCUT2D eigenvalue weighted by Crippen LogP contribution is -2.46. The molecule has 4 nitrogen and oxygen atoms in total. The van der Waals surface area contributed by atoms with Crippen molar-refractivity contribution in [2.24, 2.45) is 0 Å². The summed E-state index contributed by atoms with van der Waals surface area (Å²) in [4.78, 5) is 11.9. The van der Waals surface area contributed by atoms with E-state index in [-0.39, 0.29) is 5.91 Å². The van der Waals surface area contributed by atoms with Crippen LogP contribution in [0.4, 0.5) is 0 Å². The van der Waals surface area contributed by atoms with E-state index in [2.05, 4.69) is 38.8 Å². The Balaban J connectivity index is 1.77. The van der Waals surface area contributed by atoms with E-state index in [1.54, 1.807) is 12.1 Å². The van der Waals surface area contributed by atoms with Crippen molar-refractivity contribution < 1.29 is 4.79 Å². The molecular weight excluding hydrogens is 397 g/mol. The summed E-state index contributed by atoms with van der Waals surface area (Å²) in [6, 6.07) is 17.2. The third-order valence-corrected chi connectivity index (χ3v) is 3.59. The fourth-order valence-electron chi connectivity index (χ4n) is 1.64. The highest BCUT2D eigenvalue weighted by Crippen LogP contribution is 2.07. The van der Waals surface area contributed by atoms with Crippen molar-refractivity contribution >= 4 is 45.8 Å². The van der Waals surface area contributed by atoms with Gasteiger partial charge in [0.15, 0.2) is 5.11 Å². The Morgan fingerprint density at radius 3 is 2.52 bits per heavy atom. The average Bonchev–Trinajstić information content (AvgIpc) is 2.51. The lowest BCUT2D eigenvalue weighted by molar-refractivity contribution is 0.0943. The van der Waals surface area contributed by atoms with Gasteiger partial charge in [-0.3, -0.25) is 15.6 Å². The van der Waals surface area contributed by atoms with Gasteiger partial charge >= 0.3 is 0 Å². The molecule has 2 aromatic rings. The molecule has 2 rings (SSSR count). The molecule has 0 aliphatic carbocycles. The van der Waals surface area contributed by atoms with Crippen LogP contribution in [0.5, 0.6) is 0 Å². The van der Waals surface area contributed by atoms with E-state index in [4.69, 9.17) is 12.2 Å². The SMILES string of the molecule is O=C(NNC(=S)NCc1ccccc1)c1cccc(I)c1. The number of thiocarbonyl (C=S) groups is 1. The van der Waals surface area contributed by atoms with Gasteiger partial charge < -0.3 is 5.32 Å². The number of benzene rings is 2. The van der Waals surface area contributed by atoms with Gasteiger partial charge in [-0.1, -0.05) is 36.4 Å². The van der Waals surface area contributed by atoms with Crippen LogP contribution >= 0.6 is 34.8 Å². The largest absolute Gasteiger partial charge is 0.357 e. The quantitative estimate of drug-likeness (QED) is 0.413. The first kappa shape index (κ1) is 15.7. The van der Waals surface area contributed by atoms with Crippen LogP contribution in [-0.2, 0) is 6.54 Å². The van der Waals surface area contributed by atoms with Crippen molar-refractivity contribution in [3.8, 4) is 0 Å². The number of carbonyl (C=O) groups is 1. The molecule has 0 fully saturated rings. The monoisotopic (exact) mass is 411 g/mol. The number of carbonyl (C=O) groups excluding carboxylic acids is 1. The maximum atomic E-state index is 11.9. The zero-order valence-corrected chi connectivity index (χ0v) is 14.1. The Morgan fingerprint density at radius 1 is 1.05 bits per heavy atom. The van der Waals surface area contributed by atoms with Gasteiger partial charge in [0.2, 0.25) is 0 Å². The molecule has 6 heteroatoms. The second-order valence-electron chi connectivity index (χ2n) is 4.26. The summed E-state index contributed by atoms with van der Waals surface area (Å²) in [6.07, 6.45) is 0. The Hall–Kier alpha value is -1.67. The van der Waals surface area contributed by atoms with E-state index >= 15 is 0 Å². The van der Waals surface area contributed by atoms with Gasteiger partial charge in [-0.25, -0.2) is 0 Å². The van der Waals surface area contributed by atoms with Crippen LogP contribution < -0.4 is 16.2 Å². The minimum Gasteiger partial charge on any atom is -0.357 e. The molecule has 0 saturated heterocycles. The number of amides is 1. The molecule has 108 valence electrons. The van der Waals surface area contributed by atoms with E-state index in [1.807, 2.05) is 42.5 Å². The second-order valence-corrected chi connectivity index (χ2v) is 5.91. The molecule has 0 saturated carbocycles. The van der Waals surface area contributed by atoms with E-state index in [1.165, 1.54) is 0 Å². The fourth-order valence-corrected chi connectivity index (χ4v) is 2.30. The van der Waals surface area contributed by atoms with Crippen LogP contribution in [0.2, 0.25) is 0 Å². The van der Waals surface area contributed by atoms with Gasteiger partial charge in [0.25, 0.3) is 5.91 Å². The summed E-state index contributed by atoms with van der Waals surface area (Å²) in [5.41, 5.74) is 6.96. The fraction of sp³-hybridized carbons (Fsp3) is 0.0667. The summed E-state index contributed by atoms with van der Waals surface area (Å²) < 4.78 is 1.00. The normalized spacial score (nSPS) is 9.76. The first-order valence-corrected chi connectivity index (χ1v) is 7.77. The summed E-state index contributed by atoms with van der Waals surface area (Å²) >= 11 is 7.27. The minimum atomic E-state index is -0.225. The summed E-state index contributed by atoms with van der Waals surface area (Å²) in [7, 11) is 0. The predicted octanol–water partition coefficient (Wildman–Crippen LogP) is 2.60. The molecule has 0 aliphatic rings. The van der Waals surface area contributed by atoms with Crippen LogP contribution in [0.3, 0.4) is 0 Å². The number of hydrazine groups is 1. The Labute approximate surface area is 142 Å². The maximum absolute atomic E-state index is 11.9. The number of nitrogens with one attached hydrogen (secondary N) is 3. The zero-order chi connectivity index (χ0) is 15.1. The van der Waals surface area contributed by atoms with Gasteiger partial charge in [0, 0.05) is 15.7 Å². The lowest BCUT2D eigenvalue weighted by atomic mass is 10.2. The molecule has 0 aliphatic heterocycles. The molecular formula is C15H14IN3OS. The highest BCUT2D eigenvalue weighted by atomic mass is 127. The van der Waals surface area contributed by atoms with Gasteiger partial charge in [0.1, 0.15) is 0 Å². The summed E-state index contributed by atoms with van der Waals surface area (Å²) in [6.45, 7) is 0.603. The van der Waals surface area contributed by atoms with Crippen molar-refractivity contribution in [1.82, 2.24) is 16.2 Å². The maximum Gasteiger partial charge on any atom is 0.269 e. The van der Waals surface area contributed by atoms with Crippen molar-refractivity contribution in [2.75, 3.05) is 0 Å². The average molecular weight is 411 g/mol. The first-order valence-electron chi connectivity index (χ1n) is 6.29. The Morgan fingerprint density at radius 2 is 1.81 bits per heavy atom. The number of rotatable bonds is 3. The van der Waals surface area contributed by atoms with Gasteiger partial charge in [-0.2, -0.15) is 0 Å². The topological polar surface area (TPSA) is 53.2 Å². The van der Waals surface area contributed by atoms with Crippen molar-refractivity contribution in [2.45, 2.75) is 6.54 Å². The third-order valence-electron chi connectivity index (χ3n) is 2.67. The molecule has 0 atom stereocenters. The van der Waals surface area contributed by atoms with Crippen LogP contribution in [-0.4, -0.2) is 11.0 Å². The van der Waals surface area contributed by atoms with Crippen LogP contribution in [0, 0.1) is 3.57 Å². The standard InChI is InChI=1S/C15H14IN3OS/c16-13-8-4-7-12(9-13)14(20)18-19-15(21)17-10-11-5-2-1-3-6-11/h1-9H,10H2,(H,18,20)(H2,17,19,21). The van der Waals surface area contributed by atoms with E-state index in [9.17, 15) is 4.79 Å². The van der Waals surface area contributed by atoms with E-state index in [0.717, 1.165) is 9.13 Å². The number of hydrogen-bond acceptors (Lipinski definition) is 2. The highest BCUT2D eigenvalue weighted by Gasteiger charge is 2.05. The predicted molar refractivity (Wildman–Crippen MR) is 95.6 cm³/mol. The summed E-state index contributed by atoms with van der Waals surface area (Å²) in [5, 5.41) is 3.39. The van der Waals surface area contributed by atoms with Crippen LogP contribution in [0.1, 0.15) is 15.9 Å². The molecule has 0 spiro atoms. The van der Waals surface area contributed by atoms with E-state index in [0.29, 0.717) is 17.2 Å². The minimum absolute atomic E-state index is 0.225. The molecule has 21 heavy (non-hydrogen) atoms. The molecule has 0 heterocycles. The molecule has 0 aromatic heterocycles. The van der Waals surface area contributed by atoms with Crippen LogP contribution in [0.15, 0.2) is 54.6 Å². The Kier molecular flexibility index (Phi) is 5.94. The molecule has 1 amide bonds. The first-order chi connectivity index (χ1) is 10.1. The molecule has 0 bridgehead atoms. The van der Waals surface area contributed by atoms with Crippen LogP contribution in [0.25, 0.3) is 0 Å². The molecule has 0 radical (unpaired) electrons. The molecule has 3 N–H and O–H groups in total. The van der Waals surface area contributed by atoms with Gasteiger partial charge in [-0.05, 0) is 58.6 Å². The van der Waals surface area contributed by atoms with Gasteiger partial charge in [-0.15, -0.1) is 0 Å². The summed E-state index contributed by atoms with van der Waals surface area (Å²) in [5.74, 6) is -0.225. The number of hydrogen-bond donors (Lipinski definition) is 3. The number of halogens is 1. The molecule has 0 unspecified atom stereocenters. The highest BCUT2D eigenvalue weighted by molar-refractivity contribution is 14.1. The van der Waals surface area contributed by atoms with Crippen molar-refractivity contribution in [3.63, 3.8) is 0 Å². The molecule has 2 aromatic carbocycles. The van der Waals surface area contributed by atoms with Gasteiger partial charge in [0.05, 0.1) is 0 Å². The second kappa shape index (κ2) is 7.94. The Bertz CT molecular complexity index is 634. The van der Waals surface area contributed by atoms with Crippen molar-refractivity contribution in [3.05, 3.63) is 69.3 Å². The van der Waals surface area contributed by atoms with Crippen molar-refractivity contribution in [1.29, 1.82) is 0 Å². The third kappa shape index (κ3) is 5.31. The van der Waals surface area contributed by atoms with E-state index < -0.39 is 0 Å². The smallest absolute Gasteiger partial charge is 0.269 e. The lowest BCUT2D eigenvalue weighted by Gasteiger charge is -2.11.